The average molecular weight is 689 g/mol. The third kappa shape index (κ3) is 7.18. The molecular formula is C29H33IN6O4S. The monoisotopic (exact) mass is 688 g/mol. The van der Waals surface area contributed by atoms with E-state index in [1.165, 1.54) is 21.2 Å². The summed E-state index contributed by atoms with van der Waals surface area (Å²) < 4.78 is 35.6. The number of fused-ring (bicyclic) bond motifs is 1. The maximum Gasteiger partial charge on any atom is 0.233 e. The Morgan fingerprint density at radius 1 is 0.951 bits per heavy atom. The van der Waals surface area contributed by atoms with Crippen LogP contribution >= 0.6 is 21.2 Å². The summed E-state index contributed by atoms with van der Waals surface area (Å²) in [6.07, 6.45) is 2.13. The van der Waals surface area contributed by atoms with Crippen LogP contribution in [0.4, 0.5) is 28.8 Å². The maximum absolute atomic E-state index is 12.4. The second kappa shape index (κ2) is 13.2. The molecule has 0 unspecified atom stereocenters. The topological polar surface area (TPSA) is 118 Å². The van der Waals surface area contributed by atoms with Crippen molar-refractivity contribution in [1.29, 1.82) is 0 Å². The van der Waals surface area contributed by atoms with Crippen molar-refractivity contribution >= 4 is 67.9 Å². The van der Waals surface area contributed by atoms with E-state index in [1.54, 1.807) is 38.5 Å². The summed E-state index contributed by atoms with van der Waals surface area (Å²) in [4.78, 5) is 12.0. The Hall–Kier alpha value is -3.20. The van der Waals surface area contributed by atoms with Gasteiger partial charge in [0, 0.05) is 49.9 Å². The number of piperidine rings is 1. The van der Waals surface area contributed by atoms with E-state index in [9.17, 15) is 8.42 Å². The number of hydrogen-bond donors (Lipinski definition) is 3. The van der Waals surface area contributed by atoms with E-state index in [0.717, 1.165) is 55.8 Å². The Labute approximate surface area is 252 Å². The molecule has 1 aliphatic heterocycles. The standard InChI is InChI=1S/C29H33IN6O4S/c1-39-18-15-31-20-13-16-36(17-14-20)21-11-12-24(26(19-21)40-2)34-29-33-23-8-4-3-7-22(23)28(35-29)32-25-9-5-6-10-27(25)41(30,37)38/h3-12,19-20,31H,13-18H2,1-2H3,(H2,32,33,34,35). The zero-order chi connectivity index (χ0) is 28.8. The highest BCUT2D eigenvalue weighted by Gasteiger charge is 2.21. The van der Waals surface area contributed by atoms with Crippen LogP contribution < -0.4 is 25.6 Å². The molecule has 1 aromatic heterocycles. The van der Waals surface area contributed by atoms with Crippen molar-refractivity contribution in [3.63, 3.8) is 0 Å². The van der Waals surface area contributed by atoms with Crippen molar-refractivity contribution in [3.8, 4) is 5.75 Å². The van der Waals surface area contributed by atoms with E-state index in [4.69, 9.17) is 19.4 Å². The van der Waals surface area contributed by atoms with Gasteiger partial charge in [0.1, 0.15) is 16.5 Å². The highest BCUT2D eigenvalue weighted by atomic mass is 127. The van der Waals surface area contributed by atoms with Crippen LogP contribution in [0.5, 0.6) is 5.75 Å². The first kappa shape index (κ1) is 29.3. The smallest absolute Gasteiger partial charge is 0.233 e. The molecule has 5 rings (SSSR count). The number of benzene rings is 3. The Bertz CT molecular complexity index is 1610. The van der Waals surface area contributed by atoms with Gasteiger partial charge < -0.3 is 30.3 Å². The molecule has 0 amide bonds. The minimum absolute atomic E-state index is 0.185. The van der Waals surface area contributed by atoms with Crippen LogP contribution in [0.2, 0.25) is 0 Å². The van der Waals surface area contributed by atoms with Crippen molar-refractivity contribution in [2.75, 3.05) is 56.0 Å². The molecule has 1 aliphatic rings. The van der Waals surface area contributed by atoms with E-state index in [0.29, 0.717) is 34.8 Å². The first-order valence-corrected chi connectivity index (χ1v) is 17.4. The zero-order valence-electron chi connectivity index (χ0n) is 22.9. The van der Waals surface area contributed by atoms with E-state index >= 15 is 0 Å². The summed E-state index contributed by atoms with van der Waals surface area (Å²) in [5.74, 6) is 1.52. The third-order valence-electron chi connectivity index (χ3n) is 7.04. The third-order valence-corrected chi connectivity index (χ3v) is 9.34. The van der Waals surface area contributed by atoms with Gasteiger partial charge in [-0.2, -0.15) is 4.98 Å². The summed E-state index contributed by atoms with van der Waals surface area (Å²) in [7, 11) is -0.111. The number of para-hydroxylation sites is 2. The lowest BCUT2D eigenvalue weighted by molar-refractivity contribution is 0.193. The maximum atomic E-state index is 12.4. The quantitative estimate of drug-likeness (QED) is 0.107. The molecule has 41 heavy (non-hydrogen) atoms. The largest absolute Gasteiger partial charge is 0.494 e. The summed E-state index contributed by atoms with van der Waals surface area (Å²) in [6, 6.07) is 20.9. The van der Waals surface area contributed by atoms with E-state index in [-0.39, 0.29) is 4.90 Å². The molecule has 0 bridgehead atoms. The van der Waals surface area contributed by atoms with Gasteiger partial charge >= 0.3 is 0 Å². The van der Waals surface area contributed by atoms with Crippen LogP contribution in [0.3, 0.4) is 0 Å². The van der Waals surface area contributed by atoms with Gasteiger partial charge in [-0.05, 0) is 49.2 Å². The summed E-state index contributed by atoms with van der Waals surface area (Å²) in [5, 5.41) is 10.9. The van der Waals surface area contributed by atoms with E-state index in [2.05, 4.69) is 26.9 Å². The number of nitrogens with zero attached hydrogens (tertiary/aromatic N) is 3. The average Bonchev–Trinajstić information content (AvgIpc) is 2.98. The number of rotatable bonds is 11. The molecule has 1 saturated heterocycles. The van der Waals surface area contributed by atoms with Crippen LogP contribution in [0.25, 0.3) is 10.9 Å². The first-order chi connectivity index (χ1) is 19.9. The van der Waals surface area contributed by atoms with Crippen LogP contribution in [0.15, 0.2) is 71.6 Å². The fourth-order valence-corrected chi connectivity index (χ4v) is 6.72. The lowest BCUT2D eigenvalue weighted by atomic mass is 10.0. The normalized spacial score (nSPS) is 14.3. The number of methoxy groups -OCH3 is 2. The molecule has 1 fully saturated rings. The SMILES string of the molecule is COCCNC1CCN(c2ccc(Nc3nc(Nc4ccccc4S(=O)(=O)I)c4ccccc4n3)c(OC)c2)CC1. The second-order valence-electron chi connectivity index (χ2n) is 9.69. The van der Waals surface area contributed by atoms with Gasteiger partial charge in [-0.25, -0.2) is 13.4 Å². The molecule has 4 aromatic rings. The number of halogens is 1. The zero-order valence-corrected chi connectivity index (χ0v) is 25.9. The molecule has 3 N–H and O–H groups in total. The van der Waals surface area contributed by atoms with Crippen LogP contribution in [0, 0.1) is 0 Å². The Balaban J connectivity index is 1.38. The predicted octanol–water partition coefficient (Wildman–Crippen LogP) is 5.45. The van der Waals surface area contributed by atoms with Gasteiger partial charge in [-0.3, -0.25) is 0 Å². The predicted molar refractivity (Wildman–Crippen MR) is 172 cm³/mol. The molecule has 0 radical (unpaired) electrons. The Kier molecular flexibility index (Phi) is 9.42. The van der Waals surface area contributed by atoms with Crippen molar-refractivity contribution in [1.82, 2.24) is 15.3 Å². The first-order valence-electron chi connectivity index (χ1n) is 13.4. The Morgan fingerprint density at radius 3 is 2.46 bits per heavy atom. The minimum Gasteiger partial charge on any atom is -0.494 e. The van der Waals surface area contributed by atoms with Crippen molar-refractivity contribution in [2.24, 2.45) is 0 Å². The summed E-state index contributed by atoms with van der Waals surface area (Å²) >= 11 is 1.45. The second-order valence-corrected chi connectivity index (χ2v) is 14.5. The fraction of sp³-hybridized carbons (Fsp3) is 0.310. The molecule has 3 aromatic carbocycles. The lowest BCUT2D eigenvalue weighted by Crippen LogP contribution is -2.43. The molecule has 0 aliphatic carbocycles. The number of nitrogens with one attached hydrogen (secondary N) is 3. The van der Waals surface area contributed by atoms with Gasteiger partial charge in [-0.15, -0.1) is 0 Å². The van der Waals surface area contributed by atoms with Gasteiger partial charge in [0.05, 0.1) is 51.8 Å². The van der Waals surface area contributed by atoms with Crippen molar-refractivity contribution in [3.05, 3.63) is 66.7 Å². The van der Waals surface area contributed by atoms with Gasteiger partial charge in [0.2, 0.25) is 13.0 Å². The molecule has 2 heterocycles. The van der Waals surface area contributed by atoms with Gasteiger partial charge in [-0.1, -0.05) is 24.3 Å². The van der Waals surface area contributed by atoms with Crippen molar-refractivity contribution in [2.45, 2.75) is 23.8 Å². The molecule has 10 nitrogen and oxygen atoms in total. The van der Waals surface area contributed by atoms with Gasteiger partial charge in [0.15, 0.2) is 0 Å². The van der Waals surface area contributed by atoms with E-state index in [1.807, 2.05) is 36.4 Å². The molecule has 0 atom stereocenters. The van der Waals surface area contributed by atoms with Crippen LogP contribution in [-0.4, -0.2) is 64.9 Å². The minimum atomic E-state index is -3.48. The molecule has 0 spiro atoms. The Morgan fingerprint density at radius 2 is 1.71 bits per heavy atom. The highest BCUT2D eigenvalue weighted by Crippen LogP contribution is 2.35. The van der Waals surface area contributed by atoms with Crippen molar-refractivity contribution < 1.29 is 17.9 Å². The van der Waals surface area contributed by atoms with Gasteiger partial charge in [0.25, 0.3) is 0 Å². The molecule has 0 saturated carbocycles. The van der Waals surface area contributed by atoms with E-state index < -0.39 is 7.01 Å². The summed E-state index contributed by atoms with van der Waals surface area (Å²) in [5.41, 5.74) is 2.97. The molecule has 12 heteroatoms. The summed E-state index contributed by atoms with van der Waals surface area (Å²) in [6.45, 7) is 3.50. The molecular weight excluding hydrogens is 655 g/mol. The fourth-order valence-electron chi connectivity index (χ4n) is 4.95. The molecule has 216 valence electrons. The van der Waals surface area contributed by atoms with Crippen LogP contribution in [-0.2, 0) is 11.7 Å². The van der Waals surface area contributed by atoms with Crippen LogP contribution in [0.1, 0.15) is 12.8 Å². The lowest BCUT2D eigenvalue weighted by Gasteiger charge is -2.34. The number of aromatic nitrogens is 2. The highest BCUT2D eigenvalue weighted by molar-refractivity contribution is 14.2. The number of anilines is 5. The number of hydrogen-bond acceptors (Lipinski definition) is 10. The number of ether oxygens (including phenoxy) is 2.